The SMILES string of the molecule is Cc1ccc(-n2c(S[C@@H](C)C#N)nc3ccccc3c2=O)cc1. The molecule has 1 atom stereocenters. The van der Waals surface area contributed by atoms with Crippen LogP contribution in [0.3, 0.4) is 0 Å². The van der Waals surface area contributed by atoms with Gasteiger partial charge in [0.15, 0.2) is 5.16 Å². The van der Waals surface area contributed by atoms with Gasteiger partial charge in [0.05, 0.1) is 27.9 Å². The van der Waals surface area contributed by atoms with Crippen molar-refractivity contribution < 1.29 is 0 Å². The first-order valence-corrected chi connectivity index (χ1v) is 8.13. The number of aromatic nitrogens is 2. The molecule has 0 aliphatic heterocycles. The smallest absolute Gasteiger partial charge is 0.266 e. The number of hydrogen-bond donors (Lipinski definition) is 0. The van der Waals surface area contributed by atoms with Crippen molar-refractivity contribution in [3.63, 3.8) is 0 Å². The van der Waals surface area contributed by atoms with E-state index < -0.39 is 0 Å². The lowest BCUT2D eigenvalue weighted by molar-refractivity contribution is 0.818. The Morgan fingerprint density at radius 3 is 2.57 bits per heavy atom. The number of thioether (sulfide) groups is 1. The molecule has 0 aliphatic rings. The topological polar surface area (TPSA) is 58.7 Å². The van der Waals surface area contributed by atoms with Crippen LogP contribution in [0, 0.1) is 18.3 Å². The van der Waals surface area contributed by atoms with E-state index in [-0.39, 0.29) is 10.8 Å². The Hall–Kier alpha value is -2.58. The average Bonchev–Trinajstić information content (AvgIpc) is 2.56. The van der Waals surface area contributed by atoms with Gasteiger partial charge in [0.1, 0.15) is 0 Å². The lowest BCUT2D eigenvalue weighted by atomic mass is 10.2. The van der Waals surface area contributed by atoms with Crippen molar-refractivity contribution in [1.29, 1.82) is 5.26 Å². The number of nitriles is 1. The van der Waals surface area contributed by atoms with Crippen LogP contribution < -0.4 is 5.56 Å². The summed E-state index contributed by atoms with van der Waals surface area (Å²) in [6, 6.07) is 17.2. The first-order valence-electron chi connectivity index (χ1n) is 7.25. The average molecular weight is 321 g/mol. The molecule has 0 saturated heterocycles. The van der Waals surface area contributed by atoms with Gasteiger partial charge in [0, 0.05) is 0 Å². The monoisotopic (exact) mass is 321 g/mol. The summed E-state index contributed by atoms with van der Waals surface area (Å²) < 4.78 is 1.58. The third kappa shape index (κ3) is 2.99. The van der Waals surface area contributed by atoms with Crippen LogP contribution >= 0.6 is 11.8 Å². The molecule has 0 amide bonds. The number of benzene rings is 2. The number of nitrogens with zero attached hydrogens (tertiary/aromatic N) is 3. The molecule has 114 valence electrons. The van der Waals surface area contributed by atoms with Crippen LogP contribution in [0.4, 0.5) is 0 Å². The molecular formula is C18H15N3OS. The van der Waals surface area contributed by atoms with Crippen LogP contribution in [-0.2, 0) is 0 Å². The second-order valence-electron chi connectivity index (χ2n) is 5.28. The largest absolute Gasteiger partial charge is 0.268 e. The van der Waals surface area contributed by atoms with Crippen molar-refractivity contribution in [2.75, 3.05) is 0 Å². The molecular weight excluding hydrogens is 306 g/mol. The van der Waals surface area contributed by atoms with E-state index in [1.54, 1.807) is 17.6 Å². The summed E-state index contributed by atoms with van der Waals surface area (Å²) in [4.78, 5) is 17.5. The van der Waals surface area contributed by atoms with E-state index in [9.17, 15) is 4.79 Å². The Balaban J connectivity index is 2.30. The molecule has 0 saturated carbocycles. The molecule has 3 aromatic rings. The molecule has 1 aromatic heterocycles. The maximum absolute atomic E-state index is 12.9. The zero-order valence-corrected chi connectivity index (χ0v) is 13.7. The van der Waals surface area contributed by atoms with E-state index >= 15 is 0 Å². The predicted molar refractivity (Wildman–Crippen MR) is 93.0 cm³/mol. The van der Waals surface area contributed by atoms with Crippen molar-refractivity contribution in [3.05, 3.63) is 64.4 Å². The highest BCUT2D eigenvalue weighted by atomic mass is 32.2. The highest BCUT2D eigenvalue weighted by molar-refractivity contribution is 8.00. The van der Waals surface area contributed by atoms with Crippen molar-refractivity contribution in [2.45, 2.75) is 24.3 Å². The standard InChI is InChI=1S/C18H15N3OS/c1-12-7-9-14(10-8-12)21-17(22)15-5-3-4-6-16(15)20-18(21)23-13(2)11-19/h3-10,13H,1-2H3/t13-/m0/s1. The Kier molecular flexibility index (Phi) is 4.18. The normalized spacial score (nSPS) is 12.0. The van der Waals surface area contributed by atoms with Gasteiger partial charge in [0.2, 0.25) is 0 Å². The summed E-state index contributed by atoms with van der Waals surface area (Å²) in [5.74, 6) is 0. The summed E-state index contributed by atoms with van der Waals surface area (Å²) >= 11 is 1.29. The van der Waals surface area contributed by atoms with Crippen molar-refractivity contribution >= 4 is 22.7 Å². The molecule has 0 fully saturated rings. The number of rotatable bonds is 3. The molecule has 23 heavy (non-hydrogen) atoms. The van der Waals surface area contributed by atoms with E-state index in [4.69, 9.17) is 5.26 Å². The van der Waals surface area contributed by atoms with E-state index in [0.29, 0.717) is 16.1 Å². The van der Waals surface area contributed by atoms with Gasteiger partial charge >= 0.3 is 0 Å². The van der Waals surface area contributed by atoms with Gasteiger partial charge in [-0.3, -0.25) is 9.36 Å². The summed E-state index contributed by atoms with van der Waals surface area (Å²) in [5.41, 5.74) is 2.40. The highest BCUT2D eigenvalue weighted by Gasteiger charge is 2.15. The molecule has 0 N–H and O–H groups in total. The van der Waals surface area contributed by atoms with Gasteiger partial charge in [-0.25, -0.2) is 4.98 Å². The van der Waals surface area contributed by atoms with E-state index in [0.717, 1.165) is 11.3 Å². The highest BCUT2D eigenvalue weighted by Crippen LogP contribution is 2.24. The number of hydrogen-bond acceptors (Lipinski definition) is 4. The van der Waals surface area contributed by atoms with Crippen LogP contribution in [0.2, 0.25) is 0 Å². The third-order valence-corrected chi connectivity index (χ3v) is 4.44. The van der Waals surface area contributed by atoms with Crippen LogP contribution in [0.25, 0.3) is 16.6 Å². The van der Waals surface area contributed by atoms with Gasteiger partial charge in [-0.15, -0.1) is 0 Å². The van der Waals surface area contributed by atoms with Crippen LogP contribution in [0.5, 0.6) is 0 Å². The lowest BCUT2D eigenvalue weighted by Crippen LogP contribution is -2.22. The number of para-hydroxylation sites is 1. The number of aryl methyl sites for hydroxylation is 1. The summed E-state index contributed by atoms with van der Waals surface area (Å²) in [6.45, 7) is 3.80. The molecule has 2 aromatic carbocycles. The fourth-order valence-corrected chi connectivity index (χ4v) is 3.11. The lowest BCUT2D eigenvalue weighted by Gasteiger charge is -2.14. The van der Waals surface area contributed by atoms with E-state index in [1.807, 2.05) is 49.4 Å². The number of fused-ring (bicyclic) bond motifs is 1. The third-order valence-electron chi connectivity index (χ3n) is 3.50. The van der Waals surface area contributed by atoms with Crippen molar-refractivity contribution in [1.82, 2.24) is 9.55 Å². The maximum atomic E-state index is 12.9. The Morgan fingerprint density at radius 1 is 1.17 bits per heavy atom. The fraction of sp³-hybridized carbons (Fsp3) is 0.167. The van der Waals surface area contributed by atoms with Crippen molar-refractivity contribution in [2.24, 2.45) is 0 Å². The van der Waals surface area contributed by atoms with E-state index in [1.165, 1.54) is 11.8 Å². The van der Waals surface area contributed by atoms with Gasteiger partial charge < -0.3 is 0 Å². The fourth-order valence-electron chi connectivity index (χ4n) is 2.30. The summed E-state index contributed by atoms with van der Waals surface area (Å²) in [7, 11) is 0. The van der Waals surface area contributed by atoms with Gasteiger partial charge in [-0.05, 0) is 38.1 Å². The molecule has 0 radical (unpaired) electrons. The van der Waals surface area contributed by atoms with E-state index in [2.05, 4.69) is 11.1 Å². The first kappa shape index (κ1) is 15.3. The zero-order chi connectivity index (χ0) is 16.4. The second-order valence-corrected chi connectivity index (χ2v) is 6.58. The van der Waals surface area contributed by atoms with Gasteiger partial charge in [-0.2, -0.15) is 5.26 Å². The Labute approximate surface area is 138 Å². The van der Waals surface area contributed by atoms with Crippen LogP contribution in [0.15, 0.2) is 58.5 Å². The molecule has 1 heterocycles. The molecule has 4 nitrogen and oxygen atoms in total. The molecule has 3 rings (SSSR count). The summed E-state index contributed by atoms with van der Waals surface area (Å²) in [6.07, 6.45) is 0. The molecule has 0 bridgehead atoms. The zero-order valence-electron chi connectivity index (χ0n) is 12.9. The second kappa shape index (κ2) is 6.27. The summed E-state index contributed by atoms with van der Waals surface area (Å²) in [5, 5.41) is 9.90. The minimum absolute atomic E-state index is 0.118. The van der Waals surface area contributed by atoms with Gasteiger partial charge in [-0.1, -0.05) is 41.6 Å². The quantitative estimate of drug-likeness (QED) is 0.545. The van der Waals surface area contributed by atoms with Gasteiger partial charge in [0.25, 0.3) is 5.56 Å². The van der Waals surface area contributed by atoms with Crippen molar-refractivity contribution in [3.8, 4) is 11.8 Å². The minimum atomic E-state index is -0.292. The Bertz CT molecular complexity index is 955. The maximum Gasteiger partial charge on any atom is 0.266 e. The molecule has 0 spiro atoms. The minimum Gasteiger partial charge on any atom is -0.268 e. The Morgan fingerprint density at radius 2 is 1.87 bits per heavy atom. The molecule has 0 unspecified atom stereocenters. The van der Waals surface area contributed by atoms with Crippen LogP contribution in [0.1, 0.15) is 12.5 Å². The molecule has 5 heteroatoms. The predicted octanol–water partition coefficient (Wildman–Crippen LogP) is 3.70. The first-order chi connectivity index (χ1) is 11.1. The van der Waals surface area contributed by atoms with Crippen LogP contribution in [-0.4, -0.2) is 14.8 Å². The molecule has 0 aliphatic carbocycles.